The Kier molecular flexibility index (Phi) is 6.43. The van der Waals surface area contributed by atoms with Crippen LogP contribution in [-0.2, 0) is 9.53 Å². The summed E-state index contributed by atoms with van der Waals surface area (Å²) in [7, 11) is 0. The molecule has 0 fully saturated rings. The topological polar surface area (TPSA) is 52.3 Å². The molecule has 0 radical (unpaired) electrons. The van der Waals surface area contributed by atoms with Crippen LogP contribution in [0.4, 0.5) is 0 Å². The minimum atomic E-state index is 0.247. The quantitative estimate of drug-likeness (QED) is 0.548. The zero-order valence-corrected chi connectivity index (χ0v) is 6.43. The van der Waals surface area contributed by atoms with Crippen molar-refractivity contribution < 1.29 is 9.53 Å². The van der Waals surface area contributed by atoms with Gasteiger partial charge in [-0.1, -0.05) is 6.92 Å². The van der Waals surface area contributed by atoms with Gasteiger partial charge in [0.05, 0.1) is 13.2 Å². The van der Waals surface area contributed by atoms with Crippen LogP contribution in [0, 0.1) is 0 Å². The molecule has 0 saturated heterocycles. The minimum Gasteiger partial charge on any atom is -0.380 e. The zero-order valence-electron chi connectivity index (χ0n) is 6.43. The van der Waals surface area contributed by atoms with Gasteiger partial charge >= 0.3 is 0 Å². The maximum absolute atomic E-state index is 10.7. The molecule has 0 aromatic carbocycles. The molecular weight excluding hydrogens is 130 g/mol. The van der Waals surface area contributed by atoms with Gasteiger partial charge in [-0.2, -0.15) is 0 Å². The van der Waals surface area contributed by atoms with E-state index in [1.165, 1.54) is 0 Å². The molecule has 0 aliphatic carbocycles. The van der Waals surface area contributed by atoms with Gasteiger partial charge in [0.1, 0.15) is 5.78 Å². The molecule has 0 saturated carbocycles. The number of hydrogen-bond acceptors (Lipinski definition) is 3. The van der Waals surface area contributed by atoms with Gasteiger partial charge in [-0.25, -0.2) is 0 Å². The monoisotopic (exact) mass is 145 g/mol. The molecule has 0 aromatic heterocycles. The number of nitrogens with two attached hydrogens (primary N) is 1. The lowest BCUT2D eigenvalue weighted by atomic mass is 10.2. The van der Waals surface area contributed by atoms with Crippen molar-refractivity contribution in [2.75, 3.05) is 19.8 Å². The van der Waals surface area contributed by atoms with Crippen molar-refractivity contribution in [2.45, 2.75) is 19.8 Å². The third-order valence-corrected chi connectivity index (χ3v) is 1.18. The normalized spacial score (nSPS) is 9.80. The summed E-state index contributed by atoms with van der Waals surface area (Å²) in [5.74, 6) is 0.247. The predicted octanol–water partition coefficient (Wildman–Crippen LogP) is 0.331. The summed E-state index contributed by atoms with van der Waals surface area (Å²) < 4.78 is 5.01. The number of carbonyl (C=O) groups is 1. The van der Waals surface area contributed by atoms with Crippen LogP contribution in [0.3, 0.4) is 0 Å². The van der Waals surface area contributed by atoms with E-state index in [1.54, 1.807) is 0 Å². The Balaban J connectivity index is 2.96. The molecule has 0 aliphatic rings. The van der Waals surface area contributed by atoms with E-state index < -0.39 is 0 Å². The highest BCUT2D eigenvalue weighted by Gasteiger charge is 1.95. The summed E-state index contributed by atoms with van der Waals surface area (Å²) in [6.45, 7) is 3.45. The highest BCUT2D eigenvalue weighted by atomic mass is 16.5. The zero-order chi connectivity index (χ0) is 7.82. The first-order chi connectivity index (χ1) is 4.81. The van der Waals surface area contributed by atoms with Gasteiger partial charge in [0, 0.05) is 19.4 Å². The van der Waals surface area contributed by atoms with E-state index in [-0.39, 0.29) is 5.78 Å². The molecule has 0 spiro atoms. The lowest BCUT2D eigenvalue weighted by molar-refractivity contribution is -0.119. The largest absolute Gasteiger partial charge is 0.380 e. The highest BCUT2D eigenvalue weighted by molar-refractivity contribution is 5.78. The molecule has 3 nitrogen and oxygen atoms in total. The predicted molar refractivity (Wildman–Crippen MR) is 39.8 cm³/mol. The Hall–Kier alpha value is -0.410. The van der Waals surface area contributed by atoms with Gasteiger partial charge in [-0.3, -0.25) is 4.79 Å². The molecule has 0 unspecified atom stereocenters. The maximum Gasteiger partial charge on any atom is 0.134 e. The van der Waals surface area contributed by atoms with E-state index >= 15 is 0 Å². The number of hydrogen-bond donors (Lipinski definition) is 1. The van der Waals surface area contributed by atoms with E-state index in [0.717, 1.165) is 0 Å². The lowest BCUT2D eigenvalue weighted by Gasteiger charge is -1.99. The number of ether oxygens (including phenoxy) is 1. The van der Waals surface area contributed by atoms with Gasteiger partial charge in [-0.05, 0) is 0 Å². The third kappa shape index (κ3) is 5.72. The van der Waals surface area contributed by atoms with Crippen molar-refractivity contribution in [1.29, 1.82) is 0 Å². The summed E-state index contributed by atoms with van der Waals surface area (Å²) in [6, 6.07) is 0. The van der Waals surface area contributed by atoms with Crippen molar-refractivity contribution in [1.82, 2.24) is 0 Å². The van der Waals surface area contributed by atoms with Crippen molar-refractivity contribution in [3.8, 4) is 0 Å². The molecule has 0 heterocycles. The van der Waals surface area contributed by atoms with Gasteiger partial charge < -0.3 is 10.5 Å². The van der Waals surface area contributed by atoms with Crippen LogP contribution in [-0.4, -0.2) is 25.5 Å². The van der Waals surface area contributed by atoms with Crippen LogP contribution in [0.5, 0.6) is 0 Å². The summed E-state index contributed by atoms with van der Waals surface area (Å²) in [5.41, 5.74) is 5.17. The van der Waals surface area contributed by atoms with E-state index in [0.29, 0.717) is 32.6 Å². The molecule has 0 aromatic rings. The summed E-state index contributed by atoms with van der Waals surface area (Å²) in [4.78, 5) is 10.7. The molecule has 0 amide bonds. The molecular formula is C7H15NO2. The first kappa shape index (κ1) is 9.59. The molecule has 0 atom stereocenters. The Morgan fingerprint density at radius 1 is 1.50 bits per heavy atom. The fourth-order valence-corrected chi connectivity index (χ4v) is 0.548. The lowest BCUT2D eigenvalue weighted by Crippen LogP contribution is -2.10. The number of ketones is 1. The van der Waals surface area contributed by atoms with Gasteiger partial charge in [0.25, 0.3) is 0 Å². The standard InChI is InChI=1S/C7H15NO2/c1-2-7(9)3-5-10-6-4-8/h2-6,8H2,1H3. The van der Waals surface area contributed by atoms with E-state index in [9.17, 15) is 4.79 Å². The number of rotatable bonds is 6. The Morgan fingerprint density at radius 2 is 2.20 bits per heavy atom. The first-order valence-electron chi connectivity index (χ1n) is 3.60. The minimum absolute atomic E-state index is 0.247. The van der Waals surface area contributed by atoms with Crippen LogP contribution < -0.4 is 5.73 Å². The summed E-state index contributed by atoms with van der Waals surface area (Å²) >= 11 is 0. The molecule has 0 aliphatic heterocycles. The van der Waals surface area contributed by atoms with Crippen LogP contribution >= 0.6 is 0 Å². The number of carbonyl (C=O) groups excluding carboxylic acids is 1. The highest BCUT2D eigenvalue weighted by Crippen LogP contribution is 1.88. The van der Waals surface area contributed by atoms with Crippen molar-refractivity contribution >= 4 is 5.78 Å². The van der Waals surface area contributed by atoms with E-state index in [2.05, 4.69) is 0 Å². The molecule has 10 heavy (non-hydrogen) atoms. The smallest absolute Gasteiger partial charge is 0.134 e. The Bertz CT molecular complexity index is 93.6. The molecule has 3 heteroatoms. The van der Waals surface area contributed by atoms with Crippen molar-refractivity contribution in [2.24, 2.45) is 5.73 Å². The SMILES string of the molecule is CCC(=O)CCOCCN. The summed E-state index contributed by atoms with van der Waals surface area (Å²) in [6.07, 6.45) is 1.13. The Morgan fingerprint density at radius 3 is 2.70 bits per heavy atom. The average Bonchev–Trinajstić information content (AvgIpc) is 1.98. The van der Waals surface area contributed by atoms with Gasteiger partial charge in [0.2, 0.25) is 0 Å². The Labute approximate surface area is 61.5 Å². The van der Waals surface area contributed by atoms with Crippen LogP contribution in [0.2, 0.25) is 0 Å². The second kappa shape index (κ2) is 6.71. The molecule has 2 N–H and O–H groups in total. The van der Waals surface area contributed by atoms with Gasteiger partial charge in [0.15, 0.2) is 0 Å². The van der Waals surface area contributed by atoms with Crippen molar-refractivity contribution in [3.05, 3.63) is 0 Å². The van der Waals surface area contributed by atoms with Crippen LogP contribution in [0.1, 0.15) is 19.8 Å². The molecule has 0 bridgehead atoms. The number of Topliss-reactive ketones (excluding diaryl/α,β-unsaturated/α-hetero) is 1. The maximum atomic E-state index is 10.7. The second-order valence-electron chi connectivity index (χ2n) is 2.04. The fourth-order valence-electron chi connectivity index (χ4n) is 0.548. The van der Waals surface area contributed by atoms with E-state index in [4.69, 9.17) is 10.5 Å². The average molecular weight is 145 g/mol. The van der Waals surface area contributed by atoms with Gasteiger partial charge in [-0.15, -0.1) is 0 Å². The molecule has 0 rings (SSSR count). The summed E-state index contributed by atoms with van der Waals surface area (Å²) in [5, 5.41) is 0. The second-order valence-corrected chi connectivity index (χ2v) is 2.04. The first-order valence-corrected chi connectivity index (χ1v) is 3.60. The van der Waals surface area contributed by atoms with Crippen LogP contribution in [0.25, 0.3) is 0 Å². The van der Waals surface area contributed by atoms with E-state index in [1.807, 2.05) is 6.92 Å². The van der Waals surface area contributed by atoms with Crippen molar-refractivity contribution in [3.63, 3.8) is 0 Å². The fraction of sp³-hybridized carbons (Fsp3) is 0.857. The molecule has 60 valence electrons. The van der Waals surface area contributed by atoms with Crippen LogP contribution in [0.15, 0.2) is 0 Å². The third-order valence-electron chi connectivity index (χ3n) is 1.18.